The van der Waals surface area contributed by atoms with E-state index in [1.54, 1.807) is 30.7 Å². The van der Waals surface area contributed by atoms with Crippen LogP contribution in [0.5, 0.6) is 5.75 Å². The van der Waals surface area contributed by atoms with E-state index in [2.05, 4.69) is 5.32 Å². The average molecular weight is 477 g/mol. The first kappa shape index (κ1) is 26.1. The molecule has 2 aromatic carbocycles. The van der Waals surface area contributed by atoms with Gasteiger partial charge in [0.05, 0.1) is 7.11 Å². The molecule has 0 spiro atoms. The molecule has 0 aliphatic rings. The Morgan fingerprint density at radius 1 is 1.09 bits per heavy atom. The number of halogens is 1. The average Bonchev–Trinajstić information content (AvgIpc) is 2.75. The highest BCUT2D eigenvalue weighted by Crippen LogP contribution is 2.22. The Bertz CT molecular complexity index is 880. The highest BCUT2D eigenvalue weighted by molar-refractivity contribution is 7.99. The zero-order valence-electron chi connectivity index (χ0n) is 19.5. The van der Waals surface area contributed by atoms with Crippen molar-refractivity contribution < 1.29 is 14.3 Å². The molecule has 0 fully saturated rings. The van der Waals surface area contributed by atoms with Crippen LogP contribution >= 0.6 is 23.4 Å². The van der Waals surface area contributed by atoms with Crippen LogP contribution in [0.1, 0.15) is 46.1 Å². The van der Waals surface area contributed by atoms with E-state index in [4.69, 9.17) is 16.3 Å². The Hall–Kier alpha value is -2.18. The highest BCUT2D eigenvalue weighted by atomic mass is 35.5. The lowest BCUT2D eigenvalue weighted by Crippen LogP contribution is -2.52. The summed E-state index contributed by atoms with van der Waals surface area (Å²) in [6.07, 6.45) is 1.10. The third-order valence-corrected chi connectivity index (χ3v) is 6.15. The van der Waals surface area contributed by atoms with E-state index >= 15 is 0 Å². The molecule has 2 amide bonds. The largest absolute Gasteiger partial charge is 0.497 e. The van der Waals surface area contributed by atoms with Gasteiger partial charge in [0.25, 0.3) is 0 Å². The van der Waals surface area contributed by atoms with Gasteiger partial charge in [0.15, 0.2) is 0 Å². The molecule has 0 heterocycles. The van der Waals surface area contributed by atoms with Crippen LogP contribution in [-0.4, -0.2) is 41.2 Å². The fourth-order valence-electron chi connectivity index (χ4n) is 3.07. The molecule has 5 nitrogen and oxygen atoms in total. The number of amides is 2. The standard InChI is InChI=1S/C25H33ClN2O3S/c1-18(24(30)27-25(2,3)4)28(17-19-8-12-21(31-5)13-9-19)23(29)7-6-16-32-22-14-10-20(26)11-15-22/h8-15,18H,6-7,16-17H2,1-5H3,(H,27,30)/t18-/m1/s1. The fraction of sp³-hybridized carbons (Fsp3) is 0.440. The second-order valence-corrected chi connectivity index (χ2v) is 10.3. The lowest BCUT2D eigenvalue weighted by molar-refractivity contribution is -0.141. The molecule has 0 unspecified atom stereocenters. The van der Waals surface area contributed by atoms with Gasteiger partial charge >= 0.3 is 0 Å². The molecule has 0 aliphatic heterocycles. The number of hydrogen-bond donors (Lipinski definition) is 1. The summed E-state index contributed by atoms with van der Waals surface area (Å²) in [6.45, 7) is 7.95. The molecular weight excluding hydrogens is 444 g/mol. The number of nitrogens with zero attached hydrogens (tertiary/aromatic N) is 1. The zero-order valence-corrected chi connectivity index (χ0v) is 21.1. The summed E-state index contributed by atoms with van der Waals surface area (Å²) >= 11 is 7.62. The third kappa shape index (κ3) is 8.75. The van der Waals surface area contributed by atoms with E-state index in [-0.39, 0.29) is 17.4 Å². The first-order chi connectivity index (χ1) is 15.1. The van der Waals surface area contributed by atoms with Gasteiger partial charge in [-0.15, -0.1) is 11.8 Å². The number of carbonyl (C=O) groups is 2. The van der Waals surface area contributed by atoms with Gasteiger partial charge < -0.3 is 15.0 Å². The van der Waals surface area contributed by atoms with Crippen molar-refractivity contribution >= 4 is 35.2 Å². The van der Waals surface area contributed by atoms with Crippen molar-refractivity contribution in [1.29, 1.82) is 0 Å². The Kier molecular flexibility index (Phi) is 9.91. The Morgan fingerprint density at radius 2 is 1.72 bits per heavy atom. The summed E-state index contributed by atoms with van der Waals surface area (Å²) in [4.78, 5) is 28.7. The quantitative estimate of drug-likeness (QED) is 0.360. The smallest absolute Gasteiger partial charge is 0.242 e. The topological polar surface area (TPSA) is 58.6 Å². The van der Waals surface area contributed by atoms with Crippen molar-refractivity contribution in [2.24, 2.45) is 0 Å². The summed E-state index contributed by atoms with van der Waals surface area (Å²) in [5.74, 6) is 1.38. The number of hydrogen-bond acceptors (Lipinski definition) is 4. The number of rotatable bonds is 10. The number of thioether (sulfide) groups is 1. The Labute approximate surface area is 200 Å². The molecule has 0 aliphatic carbocycles. The van der Waals surface area contributed by atoms with Crippen LogP contribution in [-0.2, 0) is 16.1 Å². The Balaban J connectivity index is 2.03. The number of benzene rings is 2. The van der Waals surface area contributed by atoms with E-state index in [9.17, 15) is 9.59 Å². The maximum atomic E-state index is 13.1. The molecular formula is C25H33ClN2O3S. The van der Waals surface area contributed by atoms with Gasteiger partial charge in [-0.1, -0.05) is 23.7 Å². The molecule has 2 rings (SSSR count). The van der Waals surface area contributed by atoms with Gasteiger partial charge in [-0.2, -0.15) is 0 Å². The lowest BCUT2D eigenvalue weighted by atomic mass is 10.1. The van der Waals surface area contributed by atoms with E-state index in [1.807, 2.05) is 69.3 Å². The van der Waals surface area contributed by atoms with E-state index in [0.29, 0.717) is 18.0 Å². The molecule has 1 atom stereocenters. The minimum atomic E-state index is -0.576. The zero-order chi connectivity index (χ0) is 23.7. The molecule has 0 bridgehead atoms. The summed E-state index contributed by atoms with van der Waals surface area (Å²) in [6, 6.07) is 14.7. The predicted octanol–water partition coefficient (Wildman–Crippen LogP) is 5.55. The third-order valence-electron chi connectivity index (χ3n) is 4.79. The van der Waals surface area contributed by atoms with Gasteiger partial charge in [0, 0.05) is 28.4 Å². The van der Waals surface area contributed by atoms with Crippen LogP contribution in [0.25, 0.3) is 0 Å². The summed E-state index contributed by atoms with van der Waals surface area (Å²) in [5.41, 5.74) is 0.583. The van der Waals surface area contributed by atoms with Crippen LogP contribution in [0.4, 0.5) is 0 Å². The fourth-order valence-corrected chi connectivity index (χ4v) is 4.05. The number of nitrogens with one attached hydrogen (secondary N) is 1. The van der Waals surface area contributed by atoms with Gasteiger partial charge in [0.2, 0.25) is 11.8 Å². The van der Waals surface area contributed by atoms with Gasteiger partial charge in [-0.25, -0.2) is 0 Å². The second-order valence-electron chi connectivity index (χ2n) is 8.69. The number of ether oxygens (including phenoxy) is 1. The minimum Gasteiger partial charge on any atom is -0.497 e. The molecule has 1 N–H and O–H groups in total. The van der Waals surface area contributed by atoms with Crippen LogP contribution in [0.15, 0.2) is 53.4 Å². The monoisotopic (exact) mass is 476 g/mol. The van der Waals surface area contributed by atoms with Gasteiger partial charge in [-0.3, -0.25) is 9.59 Å². The molecule has 174 valence electrons. The lowest BCUT2D eigenvalue weighted by Gasteiger charge is -2.31. The molecule has 7 heteroatoms. The maximum absolute atomic E-state index is 13.1. The van der Waals surface area contributed by atoms with Crippen molar-refractivity contribution in [3.8, 4) is 5.75 Å². The SMILES string of the molecule is COc1ccc(CN(C(=O)CCCSc2ccc(Cl)cc2)[C@H](C)C(=O)NC(C)(C)C)cc1. The van der Waals surface area contributed by atoms with E-state index in [1.165, 1.54) is 0 Å². The van der Waals surface area contributed by atoms with Crippen molar-refractivity contribution in [3.05, 3.63) is 59.1 Å². The predicted molar refractivity (Wildman–Crippen MR) is 132 cm³/mol. The summed E-state index contributed by atoms with van der Waals surface area (Å²) in [7, 11) is 1.62. The molecule has 0 radical (unpaired) electrons. The Morgan fingerprint density at radius 3 is 2.28 bits per heavy atom. The van der Waals surface area contributed by atoms with E-state index in [0.717, 1.165) is 28.4 Å². The van der Waals surface area contributed by atoms with Crippen LogP contribution in [0.3, 0.4) is 0 Å². The second kappa shape index (κ2) is 12.2. The highest BCUT2D eigenvalue weighted by Gasteiger charge is 2.28. The normalized spacial score (nSPS) is 12.2. The molecule has 0 saturated heterocycles. The molecule has 32 heavy (non-hydrogen) atoms. The first-order valence-corrected chi connectivity index (χ1v) is 12.1. The van der Waals surface area contributed by atoms with Gasteiger partial charge in [-0.05, 0) is 81.8 Å². The van der Waals surface area contributed by atoms with Crippen molar-refractivity contribution in [1.82, 2.24) is 10.2 Å². The van der Waals surface area contributed by atoms with Crippen molar-refractivity contribution in [2.45, 2.75) is 63.6 Å². The molecule has 0 saturated carbocycles. The number of methoxy groups -OCH3 is 1. The van der Waals surface area contributed by atoms with Crippen LogP contribution in [0.2, 0.25) is 5.02 Å². The summed E-state index contributed by atoms with van der Waals surface area (Å²) < 4.78 is 5.22. The van der Waals surface area contributed by atoms with Crippen molar-refractivity contribution in [3.63, 3.8) is 0 Å². The minimum absolute atomic E-state index is 0.0333. The first-order valence-electron chi connectivity index (χ1n) is 10.7. The maximum Gasteiger partial charge on any atom is 0.242 e. The van der Waals surface area contributed by atoms with Crippen LogP contribution < -0.4 is 10.1 Å². The molecule has 0 aromatic heterocycles. The van der Waals surface area contributed by atoms with Crippen LogP contribution in [0, 0.1) is 0 Å². The van der Waals surface area contributed by atoms with E-state index < -0.39 is 6.04 Å². The summed E-state index contributed by atoms with van der Waals surface area (Å²) in [5, 5.41) is 3.69. The number of carbonyl (C=O) groups excluding carboxylic acids is 2. The molecule has 2 aromatic rings. The van der Waals surface area contributed by atoms with Gasteiger partial charge in [0.1, 0.15) is 11.8 Å². The van der Waals surface area contributed by atoms with Crippen molar-refractivity contribution in [2.75, 3.05) is 12.9 Å².